The van der Waals surface area contributed by atoms with Gasteiger partial charge >= 0.3 is 0 Å². The number of fused-ring (bicyclic) bond motifs is 11. The normalized spacial score (nSPS) is 14.6. The summed E-state index contributed by atoms with van der Waals surface area (Å²) in [5.74, 6) is 2.84. The summed E-state index contributed by atoms with van der Waals surface area (Å²) in [7, 11) is 0. The molecule has 2 heterocycles. The summed E-state index contributed by atoms with van der Waals surface area (Å²) in [6.45, 7) is 0. The molecule has 2 aliphatic rings. The SMILES string of the molecule is c1ccc(-c2nc(-c3ccccc3)nc(-c3ccc4c(c3)C3(c5ccccc5-4)c4ccccc4-c4ccc(-n5c(-c6ccccc6)nc6ccccc65)cc43)n2)cc1. The lowest BCUT2D eigenvalue weighted by atomic mass is 9.70. The molecule has 270 valence electrons. The molecular formula is C53H33N5. The predicted octanol–water partition coefficient (Wildman–Crippen LogP) is 12.2. The first kappa shape index (κ1) is 32.5. The smallest absolute Gasteiger partial charge is 0.164 e. The van der Waals surface area contributed by atoms with Crippen LogP contribution in [0.25, 0.3) is 84.5 Å². The molecular weight excluding hydrogens is 707 g/mol. The third kappa shape index (κ3) is 4.71. The molecule has 58 heavy (non-hydrogen) atoms. The second-order valence-corrected chi connectivity index (χ2v) is 15.0. The predicted molar refractivity (Wildman–Crippen MR) is 232 cm³/mol. The van der Waals surface area contributed by atoms with Gasteiger partial charge in [-0.25, -0.2) is 19.9 Å². The molecule has 0 N–H and O–H groups in total. The lowest BCUT2D eigenvalue weighted by Gasteiger charge is -2.31. The Hall–Kier alpha value is -7.76. The van der Waals surface area contributed by atoms with Gasteiger partial charge in [-0.2, -0.15) is 0 Å². The molecule has 10 aromatic rings. The van der Waals surface area contributed by atoms with E-state index < -0.39 is 5.41 Å². The minimum atomic E-state index is -0.593. The first-order valence-corrected chi connectivity index (χ1v) is 19.6. The van der Waals surface area contributed by atoms with Crippen molar-refractivity contribution >= 4 is 11.0 Å². The van der Waals surface area contributed by atoms with E-state index in [1.165, 1.54) is 44.5 Å². The largest absolute Gasteiger partial charge is 0.292 e. The van der Waals surface area contributed by atoms with Crippen molar-refractivity contribution in [3.8, 4) is 73.5 Å². The number of para-hydroxylation sites is 2. The van der Waals surface area contributed by atoms with Crippen molar-refractivity contribution in [3.05, 3.63) is 222 Å². The van der Waals surface area contributed by atoms with Gasteiger partial charge in [-0.1, -0.05) is 170 Å². The van der Waals surface area contributed by atoms with E-state index in [1.807, 2.05) is 36.4 Å². The Balaban J connectivity index is 1.12. The van der Waals surface area contributed by atoms with Crippen LogP contribution in [0, 0.1) is 0 Å². The molecule has 12 rings (SSSR count). The van der Waals surface area contributed by atoms with Crippen molar-refractivity contribution in [1.29, 1.82) is 0 Å². The molecule has 2 aromatic heterocycles. The first-order valence-electron chi connectivity index (χ1n) is 19.6. The number of aromatic nitrogens is 5. The molecule has 5 heteroatoms. The van der Waals surface area contributed by atoms with E-state index in [9.17, 15) is 0 Å². The van der Waals surface area contributed by atoms with Crippen LogP contribution >= 0.6 is 0 Å². The molecule has 1 spiro atoms. The van der Waals surface area contributed by atoms with Crippen LogP contribution in [-0.2, 0) is 5.41 Å². The van der Waals surface area contributed by atoms with Gasteiger partial charge in [-0.05, 0) is 74.8 Å². The molecule has 1 atom stereocenters. The number of imidazole rings is 1. The second kappa shape index (κ2) is 12.6. The third-order valence-electron chi connectivity index (χ3n) is 11.9. The van der Waals surface area contributed by atoms with E-state index in [2.05, 4.69) is 168 Å². The summed E-state index contributed by atoms with van der Waals surface area (Å²) in [6, 6.07) is 70.9. The fraction of sp³-hybridized carbons (Fsp3) is 0.0189. The maximum absolute atomic E-state index is 5.20. The van der Waals surface area contributed by atoms with Crippen molar-refractivity contribution < 1.29 is 0 Å². The van der Waals surface area contributed by atoms with Crippen molar-refractivity contribution in [2.45, 2.75) is 5.41 Å². The van der Waals surface area contributed by atoms with E-state index in [-0.39, 0.29) is 0 Å². The van der Waals surface area contributed by atoms with Crippen LogP contribution in [0.4, 0.5) is 0 Å². The van der Waals surface area contributed by atoms with Gasteiger partial charge in [0, 0.05) is 27.9 Å². The number of hydrogen-bond acceptors (Lipinski definition) is 4. The van der Waals surface area contributed by atoms with Gasteiger partial charge in [-0.15, -0.1) is 0 Å². The second-order valence-electron chi connectivity index (χ2n) is 15.0. The lowest BCUT2D eigenvalue weighted by Crippen LogP contribution is -2.26. The molecule has 0 saturated heterocycles. The van der Waals surface area contributed by atoms with Crippen LogP contribution in [0.5, 0.6) is 0 Å². The quantitative estimate of drug-likeness (QED) is 0.176. The third-order valence-corrected chi connectivity index (χ3v) is 11.9. The zero-order valence-corrected chi connectivity index (χ0v) is 31.3. The zero-order chi connectivity index (χ0) is 38.2. The van der Waals surface area contributed by atoms with Gasteiger partial charge in [0.2, 0.25) is 0 Å². The number of benzene rings is 8. The Morgan fingerprint density at radius 3 is 1.41 bits per heavy atom. The zero-order valence-electron chi connectivity index (χ0n) is 31.3. The van der Waals surface area contributed by atoms with Crippen LogP contribution in [0.2, 0.25) is 0 Å². The first-order chi connectivity index (χ1) is 28.8. The molecule has 8 aromatic carbocycles. The van der Waals surface area contributed by atoms with Gasteiger partial charge in [0.1, 0.15) is 5.82 Å². The van der Waals surface area contributed by atoms with Gasteiger partial charge in [0.25, 0.3) is 0 Å². The average molecular weight is 740 g/mol. The highest BCUT2D eigenvalue weighted by Crippen LogP contribution is 2.63. The Bertz CT molecular complexity index is 3160. The van der Waals surface area contributed by atoms with Crippen LogP contribution in [0.3, 0.4) is 0 Å². The highest BCUT2D eigenvalue weighted by Gasteiger charge is 2.52. The summed E-state index contributed by atoms with van der Waals surface area (Å²) < 4.78 is 2.32. The van der Waals surface area contributed by atoms with Crippen molar-refractivity contribution in [3.63, 3.8) is 0 Å². The fourth-order valence-electron chi connectivity index (χ4n) is 9.41. The number of rotatable bonds is 5. The summed E-state index contributed by atoms with van der Waals surface area (Å²) in [5.41, 5.74) is 16.3. The maximum Gasteiger partial charge on any atom is 0.164 e. The van der Waals surface area contributed by atoms with Crippen molar-refractivity contribution in [2.24, 2.45) is 0 Å². The van der Waals surface area contributed by atoms with Gasteiger partial charge in [-0.3, -0.25) is 4.57 Å². The molecule has 0 fully saturated rings. The average Bonchev–Trinajstić information content (AvgIpc) is 3.94. The van der Waals surface area contributed by atoms with Crippen LogP contribution in [0.15, 0.2) is 200 Å². The Morgan fingerprint density at radius 1 is 0.328 bits per heavy atom. The molecule has 0 amide bonds. The van der Waals surface area contributed by atoms with E-state index in [4.69, 9.17) is 19.9 Å². The molecule has 0 saturated carbocycles. The van der Waals surface area contributed by atoms with E-state index in [0.29, 0.717) is 17.5 Å². The van der Waals surface area contributed by atoms with Crippen molar-refractivity contribution in [2.75, 3.05) is 0 Å². The summed E-state index contributed by atoms with van der Waals surface area (Å²) in [6.07, 6.45) is 0. The van der Waals surface area contributed by atoms with Gasteiger partial charge in [0.05, 0.1) is 16.4 Å². The Kier molecular flexibility index (Phi) is 7.07. The van der Waals surface area contributed by atoms with Gasteiger partial charge in [0.15, 0.2) is 17.5 Å². The van der Waals surface area contributed by atoms with Crippen molar-refractivity contribution in [1.82, 2.24) is 24.5 Å². The Labute approximate surface area is 335 Å². The van der Waals surface area contributed by atoms with Gasteiger partial charge < -0.3 is 0 Å². The maximum atomic E-state index is 5.20. The molecule has 0 radical (unpaired) electrons. The molecule has 2 aliphatic carbocycles. The standard InChI is InChI=1S/C53H33N5/c1-4-16-34(17-5-1)49-55-50(35-18-6-2-7-19-35)57-51(56-49)37-28-30-41-39-22-10-12-24-43(39)53(45(41)32-37)44-25-13-11-23-40(44)42-31-29-38(33-46(42)53)58-48-27-15-14-26-47(48)54-52(58)36-20-8-3-9-21-36/h1-33H. The van der Waals surface area contributed by atoms with Crippen LogP contribution in [-0.4, -0.2) is 24.5 Å². The van der Waals surface area contributed by atoms with E-state index >= 15 is 0 Å². The minimum absolute atomic E-state index is 0.593. The monoisotopic (exact) mass is 739 g/mol. The van der Waals surface area contributed by atoms with Crippen LogP contribution < -0.4 is 0 Å². The molecule has 1 unspecified atom stereocenters. The Morgan fingerprint density at radius 2 is 0.793 bits per heavy atom. The highest BCUT2D eigenvalue weighted by molar-refractivity contribution is 5.96. The number of hydrogen-bond donors (Lipinski definition) is 0. The summed E-state index contributed by atoms with van der Waals surface area (Å²) in [4.78, 5) is 20.5. The fourth-order valence-corrected chi connectivity index (χ4v) is 9.41. The molecule has 5 nitrogen and oxygen atoms in total. The number of nitrogens with zero attached hydrogens (tertiary/aromatic N) is 5. The molecule has 0 aliphatic heterocycles. The van der Waals surface area contributed by atoms with E-state index in [1.54, 1.807) is 0 Å². The lowest BCUT2D eigenvalue weighted by molar-refractivity contribution is 0.792. The van der Waals surface area contributed by atoms with E-state index in [0.717, 1.165) is 44.8 Å². The summed E-state index contributed by atoms with van der Waals surface area (Å²) >= 11 is 0. The summed E-state index contributed by atoms with van der Waals surface area (Å²) in [5, 5.41) is 0. The molecule has 0 bridgehead atoms. The minimum Gasteiger partial charge on any atom is -0.292 e. The van der Waals surface area contributed by atoms with Crippen LogP contribution in [0.1, 0.15) is 22.3 Å². The highest BCUT2D eigenvalue weighted by atomic mass is 15.1. The topological polar surface area (TPSA) is 56.5 Å².